The second-order valence-corrected chi connectivity index (χ2v) is 6.47. The van der Waals surface area contributed by atoms with Crippen LogP contribution >= 0.6 is 11.8 Å². The molecule has 0 radical (unpaired) electrons. The van der Waals surface area contributed by atoms with Crippen molar-refractivity contribution in [2.24, 2.45) is 0 Å². The molecule has 0 aliphatic rings. The van der Waals surface area contributed by atoms with Crippen molar-refractivity contribution < 1.29 is 19.1 Å². The number of carbonyl (C=O) groups is 3. The fourth-order valence-electron chi connectivity index (χ4n) is 2.02. The van der Waals surface area contributed by atoms with Crippen molar-refractivity contribution in [1.29, 1.82) is 0 Å². The van der Waals surface area contributed by atoms with Gasteiger partial charge in [-0.1, -0.05) is 29.8 Å². The summed E-state index contributed by atoms with van der Waals surface area (Å²) in [7, 11) is 1.46. The van der Waals surface area contributed by atoms with E-state index in [0.717, 1.165) is 11.3 Å². The molecular weight excluding hydrogens is 352 g/mol. The Hall–Kier alpha value is -2.80. The van der Waals surface area contributed by atoms with Crippen LogP contribution in [0.25, 0.3) is 0 Å². The van der Waals surface area contributed by atoms with Crippen LogP contribution in [0.3, 0.4) is 0 Å². The van der Waals surface area contributed by atoms with E-state index < -0.39 is 5.97 Å². The van der Waals surface area contributed by atoms with Gasteiger partial charge in [-0.25, -0.2) is 4.79 Å². The van der Waals surface area contributed by atoms with Crippen LogP contribution in [-0.2, 0) is 14.3 Å². The number of rotatable bonds is 7. The van der Waals surface area contributed by atoms with Crippen LogP contribution in [0.4, 0.5) is 5.69 Å². The van der Waals surface area contributed by atoms with E-state index in [4.69, 9.17) is 4.74 Å². The number of aryl methyl sites for hydroxylation is 1. The standard InChI is InChI=1S/C19H20N2O4S/c1-13-7-9-14(10-8-13)21-18(23)12-26-16-6-4-3-5-15(16)19(24)25-11-17(22)20-2/h3-10H,11-12H2,1-2H3,(H,20,22)(H,21,23). The summed E-state index contributed by atoms with van der Waals surface area (Å²) in [5, 5.41) is 5.19. The minimum Gasteiger partial charge on any atom is -0.452 e. The highest BCUT2D eigenvalue weighted by Gasteiger charge is 2.15. The second-order valence-electron chi connectivity index (χ2n) is 5.45. The molecule has 0 saturated heterocycles. The van der Waals surface area contributed by atoms with E-state index in [2.05, 4.69) is 10.6 Å². The minimum atomic E-state index is -0.601. The predicted molar refractivity (Wildman–Crippen MR) is 101 cm³/mol. The highest BCUT2D eigenvalue weighted by Crippen LogP contribution is 2.23. The van der Waals surface area contributed by atoms with Crippen molar-refractivity contribution >= 4 is 35.2 Å². The molecule has 7 heteroatoms. The first-order chi connectivity index (χ1) is 12.5. The third kappa shape index (κ3) is 5.93. The number of hydrogen-bond donors (Lipinski definition) is 2. The van der Waals surface area contributed by atoms with Gasteiger partial charge in [0.1, 0.15) is 0 Å². The number of ether oxygens (including phenoxy) is 1. The van der Waals surface area contributed by atoms with Crippen molar-refractivity contribution in [1.82, 2.24) is 5.32 Å². The van der Waals surface area contributed by atoms with Crippen molar-refractivity contribution in [3.63, 3.8) is 0 Å². The molecule has 0 aromatic heterocycles. The molecule has 26 heavy (non-hydrogen) atoms. The van der Waals surface area contributed by atoms with E-state index in [1.165, 1.54) is 18.8 Å². The Kier molecular flexibility index (Phi) is 7.23. The van der Waals surface area contributed by atoms with Gasteiger partial charge in [-0.05, 0) is 31.2 Å². The third-order valence-corrected chi connectivity index (χ3v) is 4.49. The third-order valence-electron chi connectivity index (χ3n) is 3.41. The molecule has 0 bridgehead atoms. The van der Waals surface area contributed by atoms with E-state index in [-0.39, 0.29) is 24.2 Å². The lowest BCUT2D eigenvalue weighted by Crippen LogP contribution is -2.25. The van der Waals surface area contributed by atoms with Gasteiger partial charge in [0.25, 0.3) is 5.91 Å². The number of amides is 2. The summed E-state index contributed by atoms with van der Waals surface area (Å²) < 4.78 is 4.97. The minimum absolute atomic E-state index is 0.146. The molecule has 0 aliphatic heterocycles. The van der Waals surface area contributed by atoms with Gasteiger partial charge in [0.15, 0.2) is 6.61 Å². The molecule has 0 heterocycles. The topological polar surface area (TPSA) is 84.5 Å². The van der Waals surface area contributed by atoms with E-state index in [9.17, 15) is 14.4 Å². The Morgan fingerprint density at radius 1 is 1.00 bits per heavy atom. The SMILES string of the molecule is CNC(=O)COC(=O)c1ccccc1SCC(=O)Nc1ccc(C)cc1. The fraction of sp³-hybridized carbons (Fsp3) is 0.211. The summed E-state index contributed by atoms with van der Waals surface area (Å²) in [5.41, 5.74) is 2.16. The van der Waals surface area contributed by atoms with Crippen LogP contribution in [0.15, 0.2) is 53.4 Å². The Morgan fingerprint density at radius 3 is 2.38 bits per heavy atom. The maximum atomic E-state index is 12.1. The van der Waals surface area contributed by atoms with Crippen molar-refractivity contribution in [2.75, 3.05) is 24.7 Å². The quantitative estimate of drug-likeness (QED) is 0.577. The van der Waals surface area contributed by atoms with Gasteiger partial charge in [-0.2, -0.15) is 0 Å². The second kappa shape index (κ2) is 9.62. The van der Waals surface area contributed by atoms with Gasteiger partial charge >= 0.3 is 5.97 Å². The van der Waals surface area contributed by atoms with Gasteiger partial charge in [-0.3, -0.25) is 9.59 Å². The number of anilines is 1. The number of hydrogen-bond acceptors (Lipinski definition) is 5. The highest BCUT2D eigenvalue weighted by atomic mass is 32.2. The molecule has 2 N–H and O–H groups in total. The zero-order chi connectivity index (χ0) is 18.9. The smallest absolute Gasteiger partial charge is 0.339 e. The normalized spacial score (nSPS) is 10.1. The maximum absolute atomic E-state index is 12.1. The molecule has 6 nitrogen and oxygen atoms in total. The molecule has 2 amide bonds. The molecule has 0 spiro atoms. The number of likely N-dealkylation sites (N-methyl/N-ethyl adjacent to an activating group) is 1. The molecule has 2 rings (SSSR count). The molecular formula is C19H20N2O4S. The fourth-order valence-corrected chi connectivity index (χ4v) is 2.86. The molecule has 2 aromatic rings. The molecule has 0 unspecified atom stereocenters. The van der Waals surface area contributed by atoms with E-state index >= 15 is 0 Å². The van der Waals surface area contributed by atoms with Crippen molar-refractivity contribution in [2.45, 2.75) is 11.8 Å². The van der Waals surface area contributed by atoms with Gasteiger partial charge in [-0.15, -0.1) is 11.8 Å². The van der Waals surface area contributed by atoms with E-state index in [0.29, 0.717) is 10.5 Å². The summed E-state index contributed by atoms with van der Waals surface area (Å²) in [5.74, 6) is -1.02. The Labute approximate surface area is 156 Å². The lowest BCUT2D eigenvalue weighted by atomic mass is 10.2. The lowest BCUT2D eigenvalue weighted by Gasteiger charge is -2.09. The number of benzene rings is 2. The van der Waals surface area contributed by atoms with Crippen molar-refractivity contribution in [3.8, 4) is 0 Å². The van der Waals surface area contributed by atoms with Crippen LogP contribution in [0.1, 0.15) is 15.9 Å². The first-order valence-corrected chi connectivity index (χ1v) is 8.94. The molecule has 2 aromatic carbocycles. The average molecular weight is 372 g/mol. The largest absolute Gasteiger partial charge is 0.452 e. The van der Waals surface area contributed by atoms with Crippen LogP contribution < -0.4 is 10.6 Å². The zero-order valence-electron chi connectivity index (χ0n) is 14.6. The first kappa shape index (κ1) is 19.5. The van der Waals surface area contributed by atoms with Crippen molar-refractivity contribution in [3.05, 3.63) is 59.7 Å². The van der Waals surface area contributed by atoms with Gasteiger partial charge < -0.3 is 15.4 Å². The Bertz CT molecular complexity index is 790. The van der Waals surface area contributed by atoms with Crippen LogP contribution in [0.5, 0.6) is 0 Å². The zero-order valence-corrected chi connectivity index (χ0v) is 15.4. The monoisotopic (exact) mass is 372 g/mol. The summed E-state index contributed by atoms with van der Waals surface area (Å²) in [6.07, 6.45) is 0. The summed E-state index contributed by atoms with van der Waals surface area (Å²) >= 11 is 1.23. The summed E-state index contributed by atoms with van der Waals surface area (Å²) in [6, 6.07) is 14.3. The lowest BCUT2D eigenvalue weighted by molar-refractivity contribution is -0.123. The maximum Gasteiger partial charge on any atom is 0.339 e. The molecule has 136 valence electrons. The average Bonchev–Trinajstić information content (AvgIpc) is 2.66. The number of esters is 1. The number of carbonyl (C=O) groups excluding carboxylic acids is 3. The summed E-state index contributed by atoms with van der Waals surface area (Å²) in [4.78, 5) is 36.1. The number of nitrogens with one attached hydrogen (secondary N) is 2. The predicted octanol–water partition coefficient (Wildman–Crippen LogP) is 2.63. The molecule has 0 fully saturated rings. The molecule has 0 atom stereocenters. The van der Waals surface area contributed by atoms with Gasteiger partial charge in [0.2, 0.25) is 5.91 Å². The summed E-state index contributed by atoms with van der Waals surface area (Å²) in [6.45, 7) is 1.63. The van der Waals surface area contributed by atoms with Gasteiger partial charge in [0, 0.05) is 17.6 Å². The van der Waals surface area contributed by atoms with E-state index in [1.54, 1.807) is 24.3 Å². The molecule has 0 aliphatic carbocycles. The highest BCUT2D eigenvalue weighted by molar-refractivity contribution is 8.00. The van der Waals surface area contributed by atoms with Crippen LogP contribution in [0, 0.1) is 6.92 Å². The van der Waals surface area contributed by atoms with Crippen LogP contribution in [0.2, 0.25) is 0 Å². The number of thioether (sulfide) groups is 1. The van der Waals surface area contributed by atoms with Crippen LogP contribution in [-0.4, -0.2) is 37.2 Å². The van der Waals surface area contributed by atoms with E-state index in [1.807, 2.05) is 31.2 Å². The first-order valence-electron chi connectivity index (χ1n) is 7.95. The Balaban J connectivity index is 1.94. The van der Waals surface area contributed by atoms with Gasteiger partial charge in [0.05, 0.1) is 11.3 Å². The molecule has 0 saturated carbocycles. The Morgan fingerprint density at radius 2 is 1.69 bits per heavy atom.